The first-order valence-corrected chi connectivity index (χ1v) is 5.43. The van der Waals surface area contributed by atoms with Gasteiger partial charge in [-0.3, -0.25) is 4.79 Å². The van der Waals surface area contributed by atoms with E-state index in [1.165, 1.54) is 0 Å². The summed E-state index contributed by atoms with van der Waals surface area (Å²) >= 11 is 0. The van der Waals surface area contributed by atoms with Crippen LogP contribution in [0, 0.1) is 0 Å². The van der Waals surface area contributed by atoms with Crippen molar-refractivity contribution >= 4 is 11.7 Å². The summed E-state index contributed by atoms with van der Waals surface area (Å²) in [6, 6.07) is 0.554. The molecule has 10 heteroatoms. The van der Waals surface area contributed by atoms with E-state index in [4.69, 9.17) is 5.11 Å². The third-order valence-corrected chi connectivity index (χ3v) is 2.41. The fourth-order valence-electron chi connectivity index (χ4n) is 1.54. The van der Waals surface area contributed by atoms with E-state index < -0.39 is 36.0 Å². The highest BCUT2D eigenvalue weighted by Crippen LogP contribution is 2.24. The van der Waals surface area contributed by atoms with Crippen LogP contribution in [0.2, 0.25) is 0 Å². The second kappa shape index (κ2) is 5.39. The van der Waals surface area contributed by atoms with Gasteiger partial charge in [0.1, 0.15) is 11.4 Å². The molecule has 0 atom stereocenters. The summed E-state index contributed by atoms with van der Waals surface area (Å²) in [6.45, 7) is 0. The van der Waals surface area contributed by atoms with Gasteiger partial charge in [-0.05, 0) is 6.07 Å². The van der Waals surface area contributed by atoms with Crippen molar-refractivity contribution in [1.82, 2.24) is 19.6 Å². The molecule has 0 aliphatic carbocycles. The molecule has 6 nitrogen and oxygen atoms in total. The predicted molar refractivity (Wildman–Crippen MR) is 56.7 cm³/mol. The number of aliphatic carboxylic acids is 1. The number of carboxylic acid groups (broad SMARTS) is 1. The fraction of sp³-hybridized carbons (Fsp3) is 0.400. The van der Waals surface area contributed by atoms with Crippen molar-refractivity contribution < 1.29 is 27.5 Å². The maximum Gasteiger partial charge on any atom is 0.303 e. The number of hydrogen-bond acceptors (Lipinski definition) is 4. The van der Waals surface area contributed by atoms with Gasteiger partial charge < -0.3 is 5.11 Å². The lowest BCUT2D eigenvalue weighted by atomic mass is 10.3. The van der Waals surface area contributed by atoms with Crippen molar-refractivity contribution in [3.8, 4) is 0 Å². The topological polar surface area (TPSA) is 80.4 Å². The first-order valence-electron chi connectivity index (χ1n) is 5.43. The molecule has 0 spiro atoms. The monoisotopic (exact) mass is 292 g/mol. The Morgan fingerprint density at radius 2 is 1.95 bits per heavy atom. The van der Waals surface area contributed by atoms with Crippen molar-refractivity contribution in [1.29, 1.82) is 0 Å². The molecule has 0 radical (unpaired) electrons. The molecule has 2 heterocycles. The molecule has 0 aromatic carbocycles. The Morgan fingerprint density at radius 3 is 2.50 bits per heavy atom. The van der Waals surface area contributed by atoms with Crippen molar-refractivity contribution in [2.24, 2.45) is 0 Å². The van der Waals surface area contributed by atoms with Crippen molar-refractivity contribution in [3.63, 3.8) is 0 Å². The van der Waals surface area contributed by atoms with Crippen LogP contribution in [0.3, 0.4) is 0 Å². The molecule has 0 aliphatic heterocycles. The number of carbonyl (C=O) groups is 1. The van der Waals surface area contributed by atoms with Crippen LogP contribution < -0.4 is 0 Å². The van der Waals surface area contributed by atoms with Gasteiger partial charge in [-0.25, -0.2) is 22.5 Å². The SMILES string of the molecule is O=C(O)CCc1nc2nc(C(F)F)cc(C(F)F)n2n1. The number of nitrogens with zero attached hydrogens (tertiary/aromatic N) is 4. The molecule has 0 saturated carbocycles. The molecule has 0 saturated heterocycles. The van der Waals surface area contributed by atoms with E-state index in [2.05, 4.69) is 15.1 Å². The van der Waals surface area contributed by atoms with E-state index in [1.807, 2.05) is 0 Å². The molecule has 0 amide bonds. The van der Waals surface area contributed by atoms with Gasteiger partial charge in [0, 0.05) is 6.42 Å². The van der Waals surface area contributed by atoms with Crippen molar-refractivity contribution in [2.45, 2.75) is 25.7 Å². The van der Waals surface area contributed by atoms with Crippen molar-refractivity contribution in [2.75, 3.05) is 0 Å². The number of rotatable bonds is 5. The molecule has 2 aromatic heterocycles. The summed E-state index contributed by atoms with van der Waals surface area (Å²) < 4.78 is 51.4. The Balaban J connectivity index is 2.48. The van der Waals surface area contributed by atoms with Gasteiger partial charge >= 0.3 is 5.97 Å². The second-order valence-electron chi connectivity index (χ2n) is 3.84. The molecule has 0 aliphatic rings. The normalized spacial score (nSPS) is 11.7. The van der Waals surface area contributed by atoms with Gasteiger partial charge in [0.25, 0.3) is 18.6 Å². The lowest BCUT2D eigenvalue weighted by Crippen LogP contribution is -2.05. The molecule has 0 bridgehead atoms. The number of carboxylic acids is 1. The largest absolute Gasteiger partial charge is 0.481 e. The number of aryl methyl sites for hydroxylation is 1. The summed E-state index contributed by atoms with van der Waals surface area (Å²) in [6.07, 6.45) is -6.46. The fourth-order valence-corrected chi connectivity index (χ4v) is 1.54. The molecule has 1 N–H and O–H groups in total. The Kier molecular flexibility index (Phi) is 3.81. The Morgan fingerprint density at radius 1 is 1.25 bits per heavy atom. The van der Waals surface area contributed by atoms with E-state index in [9.17, 15) is 22.4 Å². The number of fused-ring (bicyclic) bond motifs is 1. The third-order valence-electron chi connectivity index (χ3n) is 2.41. The molecule has 2 aromatic rings. The minimum atomic E-state index is -3.04. The number of halogens is 4. The average Bonchev–Trinajstić information content (AvgIpc) is 2.77. The average molecular weight is 292 g/mol. The molecular formula is C10H8F4N4O2. The number of hydrogen-bond donors (Lipinski definition) is 1. The standard InChI is InChI=1S/C10H8F4N4O2/c11-8(12)4-3-5(9(13)14)18-10(15-4)16-6(17-18)1-2-7(19)20/h3,8-9H,1-2H2,(H,19,20). The van der Waals surface area contributed by atoms with Crippen LogP contribution in [0.1, 0.15) is 36.5 Å². The smallest absolute Gasteiger partial charge is 0.303 e. The Bertz CT molecular complexity index is 643. The van der Waals surface area contributed by atoms with Crippen LogP contribution in [0.15, 0.2) is 6.07 Å². The van der Waals surface area contributed by atoms with Gasteiger partial charge in [-0.1, -0.05) is 0 Å². The van der Waals surface area contributed by atoms with Crippen molar-refractivity contribution in [3.05, 3.63) is 23.3 Å². The first-order chi connectivity index (χ1) is 9.38. The summed E-state index contributed by atoms with van der Waals surface area (Å²) in [4.78, 5) is 17.5. The molecule has 108 valence electrons. The highest BCUT2D eigenvalue weighted by Gasteiger charge is 2.21. The highest BCUT2D eigenvalue weighted by atomic mass is 19.3. The van der Waals surface area contributed by atoms with Crippen LogP contribution in [-0.4, -0.2) is 30.7 Å². The quantitative estimate of drug-likeness (QED) is 0.853. The molecule has 0 unspecified atom stereocenters. The maximum absolute atomic E-state index is 12.8. The zero-order valence-corrected chi connectivity index (χ0v) is 9.80. The van der Waals surface area contributed by atoms with Gasteiger partial charge in [0.2, 0.25) is 0 Å². The Labute approximate surface area is 109 Å². The van der Waals surface area contributed by atoms with E-state index in [0.29, 0.717) is 10.6 Å². The van der Waals surface area contributed by atoms with Crippen LogP contribution in [0.5, 0.6) is 0 Å². The van der Waals surface area contributed by atoms with E-state index in [1.54, 1.807) is 0 Å². The first kappa shape index (κ1) is 14.2. The highest BCUT2D eigenvalue weighted by molar-refractivity contribution is 5.66. The summed E-state index contributed by atoms with van der Waals surface area (Å²) in [5, 5.41) is 12.2. The minimum Gasteiger partial charge on any atom is -0.481 e. The zero-order chi connectivity index (χ0) is 14.9. The van der Waals surface area contributed by atoms with Gasteiger partial charge in [-0.2, -0.15) is 9.50 Å². The molecule has 0 fully saturated rings. The van der Waals surface area contributed by atoms with Crippen LogP contribution in [0.4, 0.5) is 17.6 Å². The summed E-state index contributed by atoms with van der Waals surface area (Å²) in [5.74, 6) is -1.56. The van der Waals surface area contributed by atoms with Crippen LogP contribution in [-0.2, 0) is 11.2 Å². The molecule has 2 rings (SSSR count). The summed E-state index contributed by atoms with van der Waals surface area (Å²) in [7, 11) is 0. The number of aromatic nitrogens is 4. The Hall–Kier alpha value is -2.26. The predicted octanol–water partition coefficient (Wildman–Crippen LogP) is 2.02. The lowest BCUT2D eigenvalue weighted by molar-refractivity contribution is -0.137. The summed E-state index contributed by atoms with van der Waals surface area (Å²) in [5.41, 5.74) is -1.59. The lowest BCUT2D eigenvalue weighted by Gasteiger charge is -2.05. The van der Waals surface area contributed by atoms with Gasteiger partial charge in [0.05, 0.1) is 6.42 Å². The third kappa shape index (κ3) is 2.83. The minimum absolute atomic E-state index is 0.0479. The maximum atomic E-state index is 12.8. The molecule has 20 heavy (non-hydrogen) atoms. The second-order valence-corrected chi connectivity index (χ2v) is 3.84. The number of alkyl halides is 4. The zero-order valence-electron chi connectivity index (χ0n) is 9.80. The van der Waals surface area contributed by atoms with Crippen LogP contribution >= 0.6 is 0 Å². The molecular weight excluding hydrogens is 284 g/mol. The van der Waals surface area contributed by atoms with E-state index >= 15 is 0 Å². The van der Waals surface area contributed by atoms with E-state index in [-0.39, 0.29) is 18.7 Å². The van der Waals surface area contributed by atoms with Gasteiger partial charge in [0.15, 0.2) is 5.82 Å². The van der Waals surface area contributed by atoms with Crippen LogP contribution in [0.25, 0.3) is 5.78 Å². The van der Waals surface area contributed by atoms with Gasteiger partial charge in [-0.15, -0.1) is 5.10 Å². The van der Waals surface area contributed by atoms with E-state index in [0.717, 1.165) is 0 Å².